The monoisotopic (exact) mass is 350 g/mol. The smallest absolute Gasteiger partial charge is 0.550 e. The molecule has 0 saturated carbocycles. The van der Waals surface area contributed by atoms with Crippen LogP contribution < -0.4 is 10.2 Å². The minimum atomic E-state index is -0.932. The van der Waals surface area contributed by atoms with Crippen molar-refractivity contribution in [2.45, 2.75) is 65.2 Å². The van der Waals surface area contributed by atoms with Crippen molar-refractivity contribution in [1.29, 1.82) is 0 Å². The summed E-state index contributed by atoms with van der Waals surface area (Å²) >= 11 is 0. The SMILES string of the molecule is CCCCCC(=O)[O-].CCCCCC(=O)[O-].[Sn+2]. The van der Waals surface area contributed by atoms with Gasteiger partial charge in [-0.15, -0.1) is 0 Å². The Kier molecular flexibility index (Phi) is 23.4. The second-order valence-corrected chi connectivity index (χ2v) is 3.66. The number of hydrogen-bond acceptors (Lipinski definition) is 4. The van der Waals surface area contributed by atoms with E-state index in [9.17, 15) is 19.8 Å². The Morgan fingerprint density at radius 3 is 1.24 bits per heavy atom. The van der Waals surface area contributed by atoms with Crippen molar-refractivity contribution in [2.75, 3.05) is 0 Å². The maximum atomic E-state index is 9.76. The Balaban J connectivity index is -0.000000218. The molecule has 4 nitrogen and oxygen atoms in total. The van der Waals surface area contributed by atoms with Crippen molar-refractivity contribution in [1.82, 2.24) is 0 Å². The molecule has 0 fully saturated rings. The third kappa shape index (κ3) is 31.3. The van der Waals surface area contributed by atoms with Crippen LogP contribution in [0.3, 0.4) is 0 Å². The molecule has 0 amide bonds. The standard InChI is InChI=1S/2C6H12O2.Sn/c2*1-2-3-4-5-6(7)8;/h2*2-5H2,1H3,(H,7,8);/q;;+2/p-2. The number of carbonyl (C=O) groups is 2. The van der Waals surface area contributed by atoms with Gasteiger partial charge in [0.1, 0.15) is 0 Å². The summed E-state index contributed by atoms with van der Waals surface area (Å²) in [7, 11) is 0. The van der Waals surface area contributed by atoms with Gasteiger partial charge >= 0.3 is 23.9 Å². The summed E-state index contributed by atoms with van der Waals surface area (Å²) in [5.41, 5.74) is 0. The van der Waals surface area contributed by atoms with Crippen LogP contribution in [-0.4, -0.2) is 35.8 Å². The zero-order valence-electron chi connectivity index (χ0n) is 10.8. The molecule has 0 N–H and O–H groups in total. The zero-order chi connectivity index (χ0) is 12.8. The van der Waals surface area contributed by atoms with Gasteiger partial charge in [-0.25, -0.2) is 0 Å². The second kappa shape index (κ2) is 18.1. The van der Waals surface area contributed by atoms with Crippen LogP contribution in [0.15, 0.2) is 0 Å². The van der Waals surface area contributed by atoms with Crippen LogP contribution in [0.4, 0.5) is 0 Å². The van der Waals surface area contributed by atoms with E-state index in [1.165, 1.54) is 0 Å². The Hall–Kier alpha value is -0.261. The van der Waals surface area contributed by atoms with E-state index in [0.29, 0.717) is 0 Å². The number of unbranched alkanes of at least 4 members (excludes halogenated alkanes) is 4. The fourth-order valence-electron chi connectivity index (χ4n) is 1.04. The Bertz CT molecular complexity index is 163. The van der Waals surface area contributed by atoms with E-state index in [1.54, 1.807) is 0 Å². The van der Waals surface area contributed by atoms with Gasteiger partial charge in [-0.05, 0) is 25.7 Å². The molecule has 0 atom stereocenters. The van der Waals surface area contributed by atoms with Crippen molar-refractivity contribution >= 4 is 35.8 Å². The molecule has 0 rings (SSSR count). The Labute approximate surface area is 121 Å². The predicted molar refractivity (Wildman–Crippen MR) is 64.1 cm³/mol. The van der Waals surface area contributed by atoms with E-state index in [1.807, 2.05) is 13.8 Å². The van der Waals surface area contributed by atoms with Crippen LogP contribution in [-0.2, 0) is 9.59 Å². The molecule has 0 bridgehead atoms. The van der Waals surface area contributed by atoms with E-state index >= 15 is 0 Å². The number of carbonyl (C=O) groups excluding carboxylic acids is 2. The van der Waals surface area contributed by atoms with E-state index in [2.05, 4.69) is 0 Å². The maximum absolute atomic E-state index is 9.76. The fraction of sp³-hybridized carbons (Fsp3) is 0.833. The van der Waals surface area contributed by atoms with Gasteiger partial charge in [-0.1, -0.05) is 39.5 Å². The van der Waals surface area contributed by atoms with Gasteiger partial charge in [0, 0.05) is 11.9 Å². The molecule has 0 aliphatic heterocycles. The van der Waals surface area contributed by atoms with Crippen molar-refractivity contribution in [2.24, 2.45) is 0 Å². The summed E-state index contributed by atoms with van der Waals surface area (Å²) < 4.78 is 0. The molecule has 0 aliphatic rings. The van der Waals surface area contributed by atoms with Gasteiger partial charge < -0.3 is 19.8 Å². The summed E-state index contributed by atoms with van der Waals surface area (Å²) in [5, 5.41) is 19.5. The first-order valence-corrected chi connectivity index (χ1v) is 5.94. The molecule has 0 heterocycles. The first kappa shape index (κ1) is 22.0. The topological polar surface area (TPSA) is 80.3 Å². The molecule has 0 unspecified atom stereocenters. The third-order valence-electron chi connectivity index (χ3n) is 1.97. The first-order chi connectivity index (χ1) is 7.54. The van der Waals surface area contributed by atoms with Gasteiger partial charge in [0.25, 0.3) is 0 Å². The van der Waals surface area contributed by atoms with Crippen molar-refractivity contribution in [3.63, 3.8) is 0 Å². The molecular formula is C12H22O4Sn. The summed E-state index contributed by atoms with van der Waals surface area (Å²) in [4.78, 5) is 19.5. The van der Waals surface area contributed by atoms with Gasteiger partial charge in [0.15, 0.2) is 0 Å². The number of carboxylic acid groups (broad SMARTS) is 2. The molecule has 5 heteroatoms. The summed E-state index contributed by atoms with van der Waals surface area (Å²) in [5.74, 6) is -1.86. The van der Waals surface area contributed by atoms with Crippen molar-refractivity contribution < 1.29 is 19.8 Å². The van der Waals surface area contributed by atoms with Gasteiger partial charge in [-0.3, -0.25) is 0 Å². The number of aliphatic carboxylic acids is 2. The molecule has 2 radical (unpaired) electrons. The number of hydrogen-bond donors (Lipinski definition) is 0. The average molecular weight is 349 g/mol. The second-order valence-electron chi connectivity index (χ2n) is 3.66. The molecule has 0 saturated heterocycles. The van der Waals surface area contributed by atoms with Crippen LogP contribution in [0.25, 0.3) is 0 Å². The van der Waals surface area contributed by atoms with Crippen LogP contribution >= 0.6 is 0 Å². The quantitative estimate of drug-likeness (QED) is 0.465. The molecule has 0 aromatic carbocycles. The normalized spacial score (nSPS) is 8.59. The third-order valence-corrected chi connectivity index (χ3v) is 1.97. The maximum Gasteiger partial charge on any atom is 2.00 e. The van der Waals surface area contributed by atoms with Crippen molar-refractivity contribution in [3.05, 3.63) is 0 Å². The minimum absolute atomic E-state index is 0. The molecule has 0 aromatic rings. The predicted octanol–water partition coefficient (Wildman–Crippen LogP) is 0.252. The minimum Gasteiger partial charge on any atom is -0.550 e. The van der Waals surface area contributed by atoms with Crippen LogP contribution in [0.1, 0.15) is 65.2 Å². The van der Waals surface area contributed by atoms with Crippen molar-refractivity contribution in [3.8, 4) is 0 Å². The van der Waals surface area contributed by atoms with Crippen LogP contribution in [0.2, 0.25) is 0 Å². The molecule has 98 valence electrons. The number of rotatable bonds is 8. The van der Waals surface area contributed by atoms with Gasteiger partial charge in [0.05, 0.1) is 0 Å². The van der Waals surface area contributed by atoms with E-state index in [-0.39, 0.29) is 36.7 Å². The first-order valence-electron chi connectivity index (χ1n) is 5.94. The molecule has 0 spiro atoms. The number of carboxylic acids is 2. The average Bonchev–Trinajstić information content (AvgIpc) is 2.18. The van der Waals surface area contributed by atoms with E-state index in [0.717, 1.165) is 38.5 Å². The molecule has 0 aliphatic carbocycles. The van der Waals surface area contributed by atoms with Gasteiger partial charge in [-0.2, -0.15) is 0 Å². The summed E-state index contributed by atoms with van der Waals surface area (Å²) in [6, 6.07) is 0. The Morgan fingerprint density at radius 2 is 1.06 bits per heavy atom. The molecule has 17 heavy (non-hydrogen) atoms. The van der Waals surface area contributed by atoms with E-state index in [4.69, 9.17) is 0 Å². The fourth-order valence-corrected chi connectivity index (χ4v) is 1.04. The molecule has 0 aromatic heterocycles. The zero-order valence-corrected chi connectivity index (χ0v) is 13.6. The van der Waals surface area contributed by atoms with Crippen LogP contribution in [0.5, 0.6) is 0 Å². The summed E-state index contributed by atoms with van der Waals surface area (Å²) in [6.07, 6.45) is 6.07. The summed E-state index contributed by atoms with van der Waals surface area (Å²) in [6.45, 7) is 4.07. The van der Waals surface area contributed by atoms with Crippen LogP contribution in [0, 0.1) is 0 Å². The largest absolute Gasteiger partial charge is 2.00 e. The van der Waals surface area contributed by atoms with E-state index < -0.39 is 11.9 Å². The Morgan fingerprint density at radius 1 is 0.765 bits per heavy atom. The molecular weight excluding hydrogens is 327 g/mol. The van der Waals surface area contributed by atoms with Gasteiger partial charge in [0.2, 0.25) is 0 Å².